The fourth-order valence-electron chi connectivity index (χ4n) is 6.83. The number of fused-ring (bicyclic) bond motifs is 7. The molecule has 0 nitrogen and oxygen atoms in total. The Morgan fingerprint density at radius 3 is 1.09 bits per heavy atom. The highest BCUT2D eigenvalue weighted by Gasteiger charge is 2.09. The summed E-state index contributed by atoms with van der Waals surface area (Å²) in [6.45, 7) is 0. The standard InChI is InChI=1S/C44H28/c1-2-6-29(7-3-1)39-14-11-31-20-23-42-41(43(31)27-39)22-21-32-12-15-40(28-44(32)42)38-19-18-36-25-35(16-17-37(36)26-38)34-13-10-30-8-4-5-9-33(30)24-34/h1-28H. The molecule has 0 aromatic heterocycles. The molecule has 9 aromatic rings. The van der Waals surface area contributed by atoms with E-state index >= 15 is 0 Å². The van der Waals surface area contributed by atoms with E-state index in [4.69, 9.17) is 0 Å². The second kappa shape index (κ2) is 9.93. The van der Waals surface area contributed by atoms with Crippen molar-refractivity contribution in [3.8, 4) is 33.4 Å². The predicted molar refractivity (Wildman–Crippen MR) is 190 cm³/mol. The van der Waals surface area contributed by atoms with Crippen molar-refractivity contribution in [1.29, 1.82) is 0 Å². The van der Waals surface area contributed by atoms with Gasteiger partial charge in [0, 0.05) is 0 Å². The van der Waals surface area contributed by atoms with Crippen molar-refractivity contribution < 1.29 is 0 Å². The number of hydrogen-bond donors (Lipinski definition) is 0. The smallest absolute Gasteiger partial charge is 0.00987 e. The van der Waals surface area contributed by atoms with Gasteiger partial charge in [-0.1, -0.05) is 140 Å². The molecule has 0 saturated carbocycles. The van der Waals surface area contributed by atoms with Crippen LogP contribution in [-0.2, 0) is 0 Å². The average Bonchev–Trinajstić information content (AvgIpc) is 3.10. The summed E-state index contributed by atoms with van der Waals surface area (Å²) in [7, 11) is 0. The lowest BCUT2D eigenvalue weighted by atomic mass is 9.92. The van der Waals surface area contributed by atoms with Crippen molar-refractivity contribution in [3.63, 3.8) is 0 Å². The lowest BCUT2D eigenvalue weighted by Gasteiger charge is -2.12. The molecule has 0 spiro atoms. The summed E-state index contributed by atoms with van der Waals surface area (Å²) < 4.78 is 0. The molecule has 0 aliphatic rings. The Labute approximate surface area is 256 Å². The van der Waals surface area contributed by atoms with Crippen LogP contribution in [0.1, 0.15) is 0 Å². The van der Waals surface area contributed by atoms with Gasteiger partial charge in [-0.3, -0.25) is 0 Å². The van der Waals surface area contributed by atoms with E-state index in [9.17, 15) is 0 Å². The minimum atomic E-state index is 1.24. The van der Waals surface area contributed by atoms with Gasteiger partial charge in [0.1, 0.15) is 0 Å². The van der Waals surface area contributed by atoms with Crippen LogP contribution in [0.25, 0.3) is 87.2 Å². The first-order chi connectivity index (χ1) is 21.8. The van der Waals surface area contributed by atoms with Gasteiger partial charge in [0.25, 0.3) is 0 Å². The van der Waals surface area contributed by atoms with Gasteiger partial charge >= 0.3 is 0 Å². The molecule has 0 fully saturated rings. The summed E-state index contributed by atoms with van der Waals surface area (Å²) >= 11 is 0. The molecule has 0 saturated heterocycles. The first-order valence-corrected chi connectivity index (χ1v) is 15.2. The van der Waals surface area contributed by atoms with Gasteiger partial charge in [0.15, 0.2) is 0 Å². The molecule has 0 bridgehead atoms. The van der Waals surface area contributed by atoms with Crippen LogP contribution in [0.15, 0.2) is 170 Å². The quantitative estimate of drug-likeness (QED) is 0.190. The Morgan fingerprint density at radius 1 is 0.182 bits per heavy atom. The van der Waals surface area contributed by atoms with Crippen molar-refractivity contribution >= 4 is 53.9 Å². The molecule has 9 aromatic carbocycles. The highest BCUT2D eigenvalue weighted by atomic mass is 14.1. The van der Waals surface area contributed by atoms with Crippen LogP contribution >= 0.6 is 0 Å². The van der Waals surface area contributed by atoms with E-state index in [0.717, 1.165) is 0 Å². The zero-order valence-electron chi connectivity index (χ0n) is 24.2. The van der Waals surface area contributed by atoms with Gasteiger partial charge in [0.2, 0.25) is 0 Å². The van der Waals surface area contributed by atoms with Crippen LogP contribution in [0, 0.1) is 0 Å². The van der Waals surface area contributed by atoms with Crippen LogP contribution < -0.4 is 0 Å². The number of rotatable bonds is 3. The molecular formula is C44H28. The lowest BCUT2D eigenvalue weighted by Crippen LogP contribution is -1.85. The van der Waals surface area contributed by atoms with Gasteiger partial charge in [0.05, 0.1) is 0 Å². The third-order valence-corrected chi connectivity index (χ3v) is 9.20. The topological polar surface area (TPSA) is 0 Å². The third kappa shape index (κ3) is 4.15. The highest BCUT2D eigenvalue weighted by molar-refractivity contribution is 6.18. The van der Waals surface area contributed by atoms with Crippen LogP contribution in [0.4, 0.5) is 0 Å². The minimum absolute atomic E-state index is 1.24. The van der Waals surface area contributed by atoms with E-state index in [-0.39, 0.29) is 0 Å². The van der Waals surface area contributed by atoms with Crippen molar-refractivity contribution in [1.82, 2.24) is 0 Å². The molecule has 0 aliphatic carbocycles. The van der Waals surface area contributed by atoms with Crippen molar-refractivity contribution in [2.75, 3.05) is 0 Å². The maximum absolute atomic E-state index is 2.37. The molecule has 0 N–H and O–H groups in total. The highest BCUT2D eigenvalue weighted by Crippen LogP contribution is 2.36. The molecule has 0 amide bonds. The zero-order valence-corrected chi connectivity index (χ0v) is 24.2. The van der Waals surface area contributed by atoms with Crippen molar-refractivity contribution in [2.45, 2.75) is 0 Å². The fraction of sp³-hybridized carbons (Fsp3) is 0. The lowest BCUT2D eigenvalue weighted by molar-refractivity contribution is 1.65. The van der Waals surface area contributed by atoms with E-state index < -0.39 is 0 Å². The second-order valence-electron chi connectivity index (χ2n) is 11.8. The average molecular weight is 557 g/mol. The maximum Gasteiger partial charge on any atom is -0.00987 e. The third-order valence-electron chi connectivity index (χ3n) is 9.20. The Balaban J connectivity index is 1.13. The summed E-state index contributed by atoms with van der Waals surface area (Å²) in [4.78, 5) is 0. The molecule has 9 rings (SSSR count). The predicted octanol–water partition coefficient (Wildman–Crippen LogP) is 12.5. The van der Waals surface area contributed by atoms with E-state index in [2.05, 4.69) is 170 Å². The van der Waals surface area contributed by atoms with Crippen molar-refractivity contribution in [3.05, 3.63) is 170 Å². The fourth-order valence-corrected chi connectivity index (χ4v) is 6.83. The van der Waals surface area contributed by atoms with Gasteiger partial charge in [-0.15, -0.1) is 0 Å². The molecule has 0 aliphatic heterocycles. The van der Waals surface area contributed by atoms with Gasteiger partial charge in [-0.25, -0.2) is 0 Å². The van der Waals surface area contributed by atoms with Gasteiger partial charge < -0.3 is 0 Å². The SMILES string of the molecule is c1ccc(-c2ccc3ccc4c5cc(-c6ccc7cc(-c8ccc9ccccc9c8)ccc7c6)ccc5ccc4c3c2)cc1. The van der Waals surface area contributed by atoms with Crippen LogP contribution in [-0.4, -0.2) is 0 Å². The Kier molecular flexibility index (Phi) is 5.61. The van der Waals surface area contributed by atoms with Gasteiger partial charge in [-0.2, -0.15) is 0 Å². The molecule has 0 heterocycles. The molecule has 204 valence electrons. The summed E-state index contributed by atoms with van der Waals surface area (Å²) in [6.07, 6.45) is 0. The maximum atomic E-state index is 2.37. The Hall–Kier alpha value is -5.72. The summed E-state index contributed by atoms with van der Waals surface area (Å²) in [5.74, 6) is 0. The van der Waals surface area contributed by atoms with Crippen molar-refractivity contribution in [2.24, 2.45) is 0 Å². The summed E-state index contributed by atoms with van der Waals surface area (Å²) in [5, 5.41) is 12.8. The largest absolute Gasteiger partial charge is 0.0622 e. The van der Waals surface area contributed by atoms with Crippen LogP contribution in [0.5, 0.6) is 0 Å². The van der Waals surface area contributed by atoms with Crippen LogP contribution in [0.3, 0.4) is 0 Å². The molecule has 0 radical (unpaired) electrons. The van der Waals surface area contributed by atoms with Crippen LogP contribution in [0.2, 0.25) is 0 Å². The first kappa shape index (κ1) is 24.8. The molecule has 0 heteroatoms. The van der Waals surface area contributed by atoms with E-state index in [0.29, 0.717) is 0 Å². The van der Waals surface area contributed by atoms with Gasteiger partial charge in [-0.05, 0) is 118 Å². The Morgan fingerprint density at radius 2 is 0.545 bits per heavy atom. The monoisotopic (exact) mass is 556 g/mol. The second-order valence-corrected chi connectivity index (χ2v) is 11.8. The Bertz CT molecular complexity index is 2540. The molecule has 0 unspecified atom stereocenters. The van der Waals surface area contributed by atoms with E-state index in [1.165, 1.54) is 87.2 Å². The summed E-state index contributed by atoms with van der Waals surface area (Å²) in [6, 6.07) is 62.4. The number of hydrogen-bond acceptors (Lipinski definition) is 0. The summed E-state index contributed by atoms with van der Waals surface area (Å²) in [5.41, 5.74) is 7.47. The number of benzene rings is 9. The zero-order chi connectivity index (χ0) is 29.0. The molecule has 44 heavy (non-hydrogen) atoms. The normalized spacial score (nSPS) is 11.6. The van der Waals surface area contributed by atoms with E-state index in [1.807, 2.05) is 0 Å². The van der Waals surface area contributed by atoms with E-state index in [1.54, 1.807) is 0 Å². The minimum Gasteiger partial charge on any atom is -0.0622 e. The first-order valence-electron chi connectivity index (χ1n) is 15.2. The molecule has 0 atom stereocenters. The molecular weight excluding hydrogens is 528 g/mol.